The van der Waals surface area contributed by atoms with Gasteiger partial charge in [0.05, 0.1) is 6.42 Å². The monoisotopic (exact) mass is 536 g/mol. The number of carboxylic acid groups (broad SMARTS) is 1. The van der Waals surface area contributed by atoms with Crippen molar-refractivity contribution in [1.82, 2.24) is 5.32 Å². The molecule has 8 heteroatoms. The molecule has 0 radical (unpaired) electrons. The normalized spacial score (nSPS) is 12.9. The Labute approximate surface area is 211 Å². The number of aliphatic carboxylic acids is 1. The van der Waals surface area contributed by atoms with Gasteiger partial charge in [0.2, 0.25) is 0 Å². The van der Waals surface area contributed by atoms with Crippen LogP contribution in [0.5, 0.6) is 0 Å². The van der Waals surface area contributed by atoms with Crippen molar-refractivity contribution in [3.8, 4) is 11.1 Å². The van der Waals surface area contributed by atoms with E-state index in [4.69, 9.17) is 9.84 Å². The highest BCUT2D eigenvalue weighted by molar-refractivity contribution is 9.10. The quantitative estimate of drug-likeness (QED) is 0.337. The van der Waals surface area contributed by atoms with Crippen LogP contribution >= 0.6 is 15.9 Å². The molecule has 1 aliphatic carbocycles. The van der Waals surface area contributed by atoms with Gasteiger partial charge >= 0.3 is 12.1 Å². The molecule has 1 atom stereocenters. The van der Waals surface area contributed by atoms with Gasteiger partial charge in [-0.2, -0.15) is 0 Å². The molecule has 0 unspecified atom stereocenters. The van der Waals surface area contributed by atoms with E-state index >= 15 is 0 Å². The molecule has 180 valence electrons. The van der Waals surface area contributed by atoms with Gasteiger partial charge in [0.1, 0.15) is 6.61 Å². The fraction of sp³-hybridized carbons (Fsp3) is 0.222. The molecule has 3 N–H and O–H groups in total. The summed E-state index contributed by atoms with van der Waals surface area (Å²) < 4.78 is 6.17. The van der Waals surface area contributed by atoms with Gasteiger partial charge in [-0.15, -0.1) is 0 Å². The Balaban J connectivity index is 1.42. The number of carbonyl (C=O) groups excluding carboxylic acids is 2. The molecule has 0 fully saturated rings. The first-order valence-electron chi connectivity index (χ1n) is 11.3. The van der Waals surface area contributed by atoms with Crippen molar-refractivity contribution in [1.29, 1.82) is 0 Å². The highest BCUT2D eigenvalue weighted by Crippen LogP contribution is 2.44. The fourth-order valence-corrected chi connectivity index (χ4v) is 4.82. The standard InChI is InChI=1S/C27H25BrN2O5/c1-2-18(14-25(31)32)29-26(33)16-11-17(28)13-19(12-16)30-27(34)35-15-24-22-9-5-3-7-20(22)21-8-4-6-10-23(21)24/h3-13,18,24H,2,14-15H2,1H3,(H,29,33)(H,30,34)(H,31,32)/t18-/m0/s1. The van der Waals surface area contributed by atoms with E-state index < -0.39 is 24.0 Å². The van der Waals surface area contributed by atoms with Gasteiger partial charge in [0.15, 0.2) is 0 Å². The molecular formula is C27H25BrN2O5. The lowest BCUT2D eigenvalue weighted by Gasteiger charge is -2.16. The van der Waals surface area contributed by atoms with Crippen molar-refractivity contribution in [2.75, 3.05) is 11.9 Å². The number of ether oxygens (including phenoxy) is 1. The zero-order valence-electron chi connectivity index (χ0n) is 19.1. The number of carboxylic acids is 1. The molecule has 2 amide bonds. The SMILES string of the molecule is CC[C@@H](CC(=O)O)NC(=O)c1cc(Br)cc(NC(=O)OCC2c3ccccc3-c3ccccc32)c1. The summed E-state index contributed by atoms with van der Waals surface area (Å²) in [5.41, 5.74) is 5.20. The number of anilines is 1. The van der Waals surface area contributed by atoms with Gasteiger partial charge in [0, 0.05) is 27.7 Å². The molecule has 0 spiro atoms. The van der Waals surface area contributed by atoms with Crippen LogP contribution in [0.25, 0.3) is 11.1 Å². The summed E-state index contributed by atoms with van der Waals surface area (Å²) >= 11 is 3.36. The predicted octanol–water partition coefficient (Wildman–Crippen LogP) is 5.79. The number of hydrogen-bond acceptors (Lipinski definition) is 4. The van der Waals surface area contributed by atoms with Crippen LogP contribution in [0.1, 0.15) is 47.2 Å². The van der Waals surface area contributed by atoms with Gasteiger partial charge in [-0.05, 0) is 46.9 Å². The topological polar surface area (TPSA) is 105 Å². The molecule has 0 aliphatic heterocycles. The molecule has 35 heavy (non-hydrogen) atoms. The van der Waals surface area contributed by atoms with E-state index in [0.717, 1.165) is 22.3 Å². The second-order valence-electron chi connectivity index (χ2n) is 8.36. The Morgan fingerprint density at radius 2 is 1.63 bits per heavy atom. The highest BCUT2D eigenvalue weighted by Gasteiger charge is 2.29. The van der Waals surface area contributed by atoms with E-state index in [1.54, 1.807) is 19.1 Å². The summed E-state index contributed by atoms with van der Waals surface area (Å²) in [4.78, 5) is 36.3. The molecule has 7 nitrogen and oxygen atoms in total. The van der Waals surface area contributed by atoms with Crippen molar-refractivity contribution in [2.45, 2.75) is 31.7 Å². The van der Waals surface area contributed by atoms with Crippen LogP contribution in [-0.4, -0.2) is 35.7 Å². The molecule has 0 heterocycles. The summed E-state index contributed by atoms with van der Waals surface area (Å²) in [5.74, 6) is -1.46. The summed E-state index contributed by atoms with van der Waals surface area (Å²) in [7, 11) is 0. The Hall–Kier alpha value is -3.65. The number of nitrogens with one attached hydrogen (secondary N) is 2. The molecule has 1 aliphatic rings. The lowest BCUT2D eigenvalue weighted by atomic mass is 9.98. The van der Waals surface area contributed by atoms with Crippen LogP contribution in [0.4, 0.5) is 10.5 Å². The smallest absolute Gasteiger partial charge is 0.411 e. The number of benzene rings is 3. The van der Waals surface area contributed by atoms with E-state index in [1.165, 1.54) is 6.07 Å². The summed E-state index contributed by atoms with van der Waals surface area (Å²) in [6, 6.07) is 20.5. The van der Waals surface area contributed by atoms with Crippen molar-refractivity contribution < 1.29 is 24.2 Å². The Morgan fingerprint density at radius 3 is 2.23 bits per heavy atom. The number of hydrogen-bond donors (Lipinski definition) is 3. The minimum absolute atomic E-state index is 0.0581. The molecule has 3 aromatic rings. The molecule has 4 rings (SSSR count). The van der Waals surface area contributed by atoms with E-state index in [-0.39, 0.29) is 24.5 Å². The van der Waals surface area contributed by atoms with Crippen molar-refractivity contribution in [3.63, 3.8) is 0 Å². The number of fused-ring (bicyclic) bond motifs is 3. The van der Waals surface area contributed by atoms with E-state index in [1.807, 2.05) is 36.4 Å². The van der Waals surface area contributed by atoms with Crippen LogP contribution in [0.15, 0.2) is 71.2 Å². The highest BCUT2D eigenvalue weighted by atomic mass is 79.9. The first kappa shape index (κ1) is 24.5. The summed E-state index contributed by atoms with van der Waals surface area (Å²) in [5, 5.41) is 14.4. The lowest BCUT2D eigenvalue weighted by molar-refractivity contribution is -0.137. The van der Waals surface area contributed by atoms with Crippen LogP contribution in [0.2, 0.25) is 0 Å². The van der Waals surface area contributed by atoms with Gasteiger partial charge in [-0.3, -0.25) is 14.9 Å². The van der Waals surface area contributed by atoms with Gasteiger partial charge in [-0.1, -0.05) is 71.4 Å². The number of carbonyl (C=O) groups is 3. The minimum Gasteiger partial charge on any atom is -0.481 e. The first-order chi connectivity index (χ1) is 16.9. The fourth-order valence-electron chi connectivity index (χ4n) is 4.32. The van der Waals surface area contributed by atoms with Crippen molar-refractivity contribution >= 4 is 39.6 Å². The Bertz CT molecular complexity index is 1230. The average molecular weight is 537 g/mol. The number of rotatable bonds is 8. The molecule has 0 saturated carbocycles. The summed E-state index contributed by atoms with van der Waals surface area (Å²) in [6.45, 7) is 1.98. The maximum Gasteiger partial charge on any atom is 0.411 e. The third kappa shape index (κ3) is 5.71. The second kappa shape index (κ2) is 10.7. The largest absolute Gasteiger partial charge is 0.481 e. The van der Waals surface area contributed by atoms with Crippen LogP contribution in [0, 0.1) is 0 Å². The van der Waals surface area contributed by atoms with Gasteiger partial charge < -0.3 is 15.2 Å². The average Bonchev–Trinajstić information content (AvgIpc) is 3.15. The molecular weight excluding hydrogens is 512 g/mol. The summed E-state index contributed by atoms with van der Waals surface area (Å²) in [6.07, 6.45) is -0.313. The lowest BCUT2D eigenvalue weighted by Crippen LogP contribution is -2.36. The molecule has 0 aromatic heterocycles. The van der Waals surface area contributed by atoms with Crippen LogP contribution in [0.3, 0.4) is 0 Å². The van der Waals surface area contributed by atoms with Crippen LogP contribution in [-0.2, 0) is 9.53 Å². The zero-order chi connectivity index (χ0) is 24.9. The third-order valence-corrected chi connectivity index (χ3v) is 6.46. The van der Waals surface area contributed by atoms with E-state index in [0.29, 0.717) is 16.6 Å². The molecule has 0 bridgehead atoms. The number of amides is 2. The third-order valence-electron chi connectivity index (χ3n) is 6.00. The molecule has 3 aromatic carbocycles. The maximum absolute atomic E-state index is 12.7. The van der Waals surface area contributed by atoms with Crippen LogP contribution < -0.4 is 10.6 Å². The van der Waals surface area contributed by atoms with Gasteiger partial charge in [-0.25, -0.2) is 4.79 Å². The zero-order valence-corrected chi connectivity index (χ0v) is 20.7. The first-order valence-corrected chi connectivity index (χ1v) is 12.1. The van der Waals surface area contributed by atoms with E-state index in [9.17, 15) is 14.4 Å². The maximum atomic E-state index is 12.7. The Kier molecular flexibility index (Phi) is 7.51. The van der Waals surface area contributed by atoms with E-state index in [2.05, 4.69) is 38.7 Å². The molecule has 0 saturated heterocycles. The Morgan fingerprint density at radius 1 is 1.00 bits per heavy atom. The minimum atomic E-state index is -0.982. The van der Waals surface area contributed by atoms with Crippen molar-refractivity contribution in [2.24, 2.45) is 0 Å². The predicted molar refractivity (Wildman–Crippen MR) is 137 cm³/mol. The second-order valence-corrected chi connectivity index (χ2v) is 9.27. The number of halogens is 1. The van der Waals surface area contributed by atoms with Gasteiger partial charge in [0.25, 0.3) is 5.91 Å². The van der Waals surface area contributed by atoms with Crippen molar-refractivity contribution in [3.05, 3.63) is 87.9 Å².